The van der Waals surface area contributed by atoms with Gasteiger partial charge < -0.3 is 4.42 Å². The zero-order chi connectivity index (χ0) is 10.7. The van der Waals surface area contributed by atoms with Gasteiger partial charge >= 0.3 is 0 Å². The molecule has 4 heteroatoms. The van der Waals surface area contributed by atoms with Crippen LogP contribution < -0.4 is 0 Å². The van der Waals surface area contributed by atoms with Crippen molar-refractivity contribution in [1.82, 2.24) is 10.2 Å². The molecular weight excluding hydrogens is 212 g/mol. The number of halogens is 1. The summed E-state index contributed by atoms with van der Waals surface area (Å²) in [6.45, 7) is 2.21. The van der Waals surface area contributed by atoms with Crippen LogP contribution in [0.15, 0.2) is 4.42 Å². The van der Waals surface area contributed by atoms with E-state index < -0.39 is 0 Å². The predicted octanol–water partition coefficient (Wildman–Crippen LogP) is 3.07. The van der Waals surface area contributed by atoms with E-state index in [1.807, 2.05) is 0 Å². The van der Waals surface area contributed by atoms with Crippen LogP contribution in [0, 0.1) is 0 Å². The highest BCUT2D eigenvalue weighted by atomic mass is 35.5. The number of hydrogen-bond donors (Lipinski definition) is 0. The first kappa shape index (κ1) is 10.9. The average molecular weight is 229 g/mol. The van der Waals surface area contributed by atoms with E-state index in [0.29, 0.717) is 18.2 Å². The van der Waals surface area contributed by atoms with Crippen LogP contribution in [-0.2, 0) is 11.8 Å². The summed E-state index contributed by atoms with van der Waals surface area (Å²) >= 11 is 5.65. The van der Waals surface area contributed by atoms with Crippen LogP contribution in [-0.4, -0.2) is 16.1 Å². The molecule has 2 rings (SSSR count). The molecule has 0 saturated heterocycles. The standard InChI is InChI=1S/C11H17ClN2O/c1-2-11(6-3-4-7-11)10-14-13-9(15-10)5-8-12/h2-8H2,1H3. The minimum atomic E-state index is 0.164. The second kappa shape index (κ2) is 4.52. The molecule has 1 saturated carbocycles. The Hall–Kier alpha value is -0.570. The fourth-order valence-electron chi connectivity index (χ4n) is 2.42. The third-order valence-corrected chi connectivity index (χ3v) is 3.66. The van der Waals surface area contributed by atoms with E-state index in [9.17, 15) is 0 Å². The van der Waals surface area contributed by atoms with Crippen LogP contribution in [0.25, 0.3) is 0 Å². The minimum Gasteiger partial charge on any atom is -0.425 e. The van der Waals surface area contributed by atoms with E-state index in [0.717, 1.165) is 12.3 Å². The number of aryl methyl sites for hydroxylation is 1. The third-order valence-electron chi connectivity index (χ3n) is 3.47. The molecule has 1 heterocycles. The molecule has 15 heavy (non-hydrogen) atoms. The van der Waals surface area contributed by atoms with Crippen LogP contribution in [0.3, 0.4) is 0 Å². The Bertz CT molecular complexity index is 318. The van der Waals surface area contributed by atoms with Crippen molar-refractivity contribution in [1.29, 1.82) is 0 Å². The molecular formula is C11H17ClN2O. The topological polar surface area (TPSA) is 38.9 Å². The molecule has 0 radical (unpaired) electrons. The van der Waals surface area contributed by atoms with Crippen LogP contribution in [0.5, 0.6) is 0 Å². The van der Waals surface area contributed by atoms with Gasteiger partial charge in [0.25, 0.3) is 0 Å². The highest BCUT2D eigenvalue weighted by Gasteiger charge is 2.38. The van der Waals surface area contributed by atoms with Gasteiger partial charge in [0.2, 0.25) is 11.8 Å². The number of rotatable bonds is 4. The van der Waals surface area contributed by atoms with Crippen molar-refractivity contribution in [2.75, 3.05) is 5.88 Å². The summed E-state index contributed by atoms with van der Waals surface area (Å²) in [5.74, 6) is 2.06. The maximum Gasteiger partial charge on any atom is 0.222 e. The van der Waals surface area contributed by atoms with Crippen LogP contribution in [0.4, 0.5) is 0 Å². The first-order valence-electron chi connectivity index (χ1n) is 5.69. The zero-order valence-electron chi connectivity index (χ0n) is 9.13. The molecule has 0 bridgehead atoms. The van der Waals surface area contributed by atoms with E-state index in [-0.39, 0.29) is 5.41 Å². The van der Waals surface area contributed by atoms with Gasteiger partial charge in [0.15, 0.2) is 0 Å². The molecule has 0 amide bonds. The number of hydrogen-bond acceptors (Lipinski definition) is 3. The van der Waals surface area contributed by atoms with Gasteiger partial charge in [0.1, 0.15) is 0 Å². The van der Waals surface area contributed by atoms with Crippen molar-refractivity contribution in [3.63, 3.8) is 0 Å². The molecule has 0 spiro atoms. The van der Waals surface area contributed by atoms with Crippen molar-refractivity contribution in [2.24, 2.45) is 0 Å². The Balaban J connectivity index is 2.19. The van der Waals surface area contributed by atoms with E-state index in [4.69, 9.17) is 16.0 Å². The fourth-order valence-corrected chi connectivity index (χ4v) is 2.58. The van der Waals surface area contributed by atoms with Gasteiger partial charge in [-0.1, -0.05) is 19.8 Å². The van der Waals surface area contributed by atoms with Gasteiger partial charge in [-0.2, -0.15) is 0 Å². The number of aromatic nitrogens is 2. The summed E-state index contributed by atoms with van der Waals surface area (Å²) in [7, 11) is 0. The highest BCUT2D eigenvalue weighted by Crippen LogP contribution is 2.42. The Morgan fingerprint density at radius 2 is 2.07 bits per heavy atom. The lowest BCUT2D eigenvalue weighted by Crippen LogP contribution is -2.21. The van der Waals surface area contributed by atoms with Crippen LogP contribution in [0.1, 0.15) is 50.8 Å². The molecule has 1 fully saturated rings. The van der Waals surface area contributed by atoms with Crippen LogP contribution in [0.2, 0.25) is 0 Å². The quantitative estimate of drug-likeness (QED) is 0.744. The first-order chi connectivity index (χ1) is 7.30. The van der Waals surface area contributed by atoms with E-state index >= 15 is 0 Å². The largest absolute Gasteiger partial charge is 0.425 e. The molecule has 1 aliphatic rings. The fraction of sp³-hybridized carbons (Fsp3) is 0.818. The average Bonchev–Trinajstić information content (AvgIpc) is 2.86. The Labute approximate surface area is 95.2 Å². The van der Waals surface area contributed by atoms with Crippen molar-refractivity contribution in [2.45, 2.75) is 50.9 Å². The summed E-state index contributed by atoms with van der Waals surface area (Å²) in [6, 6.07) is 0. The lowest BCUT2D eigenvalue weighted by Gasteiger charge is -2.22. The Kier molecular flexibility index (Phi) is 3.29. The maximum atomic E-state index is 5.70. The molecule has 0 N–H and O–H groups in total. The predicted molar refractivity (Wildman–Crippen MR) is 59.2 cm³/mol. The maximum absolute atomic E-state index is 5.70. The van der Waals surface area contributed by atoms with Gasteiger partial charge in [-0.15, -0.1) is 21.8 Å². The molecule has 0 aliphatic heterocycles. The second-order valence-corrected chi connectivity index (χ2v) is 4.66. The monoisotopic (exact) mass is 228 g/mol. The summed E-state index contributed by atoms with van der Waals surface area (Å²) in [5.41, 5.74) is 0.164. The van der Waals surface area contributed by atoms with Gasteiger partial charge in [-0.25, -0.2) is 0 Å². The van der Waals surface area contributed by atoms with Crippen molar-refractivity contribution < 1.29 is 4.42 Å². The molecule has 0 unspecified atom stereocenters. The van der Waals surface area contributed by atoms with Gasteiger partial charge in [-0.05, 0) is 19.3 Å². The smallest absolute Gasteiger partial charge is 0.222 e. The highest BCUT2D eigenvalue weighted by molar-refractivity contribution is 6.17. The first-order valence-corrected chi connectivity index (χ1v) is 6.23. The van der Waals surface area contributed by atoms with Gasteiger partial charge in [0.05, 0.1) is 0 Å². The summed E-state index contributed by atoms with van der Waals surface area (Å²) < 4.78 is 5.70. The Morgan fingerprint density at radius 3 is 2.67 bits per heavy atom. The molecule has 0 atom stereocenters. The number of alkyl halides is 1. The molecule has 1 aliphatic carbocycles. The molecule has 3 nitrogen and oxygen atoms in total. The van der Waals surface area contributed by atoms with Crippen molar-refractivity contribution >= 4 is 11.6 Å². The molecule has 1 aromatic rings. The molecule has 1 aromatic heterocycles. The summed E-state index contributed by atoms with van der Waals surface area (Å²) in [6.07, 6.45) is 6.70. The van der Waals surface area contributed by atoms with Gasteiger partial charge in [0, 0.05) is 17.7 Å². The SMILES string of the molecule is CCC1(c2nnc(CCCl)o2)CCCC1. The Morgan fingerprint density at radius 1 is 1.33 bits per heavy atom. The van der Waals surface area contributed by atoms with E-state index in [1.165, 1.54) is 25.7 Å². The zero-order valence-corrected chi connectivity index (χ0v) is 9.89. The second-order valence-electron chi connectivity index (χ2n) is 4.28. The molecule has 0 aromatic carbocycles. The molecule has 84 valence electrons. The summed E-state index contributed by atoms with van der Waals surface area (Å²) in [5, 5.41) is 8.23. The minimum absolute atomic E-state index is 0.164. The number of nitrogens with zero attached hydrogens (tertiary/aromatic N) is 2. The third kappa shape index (κ3) is 2.03. The lowest BCUT2D eigenvalue weighted by atomic mass is 9.83. The lowest BCUT2D eigenvalue weighted by molar-refractivity contribution is 0.306. The van der Waals surface area contributed by atoms with Crippen molar-refractivity contribution in [3.05, 3.63) is 11.8 Å². The van der Waals surface area contributed by atoms with E-state index in [1.54, 1.807) is 0 Å². The van der Waals surface area contributed by atoms with Crippen molar-refractivity contribution in [3.8, 4) is 0 Å². The van der Waals surface area contributed by atoms with Gasteiger partial charge in [-0.3, -0.25) is 0 Å². The van der Waals surface area contributed by atoms with Crippen LogP contribution >= 0.6 is 11.6 Å². The normalized spacial score (nSPS) is 19.6. The van der Waals surface area contributed by atoms with E-state index in [2.05, 4.69) is 17.1 Å². The summed E-state index contributed by atoms with van der Waals surface area (Å²) in [4.78, 5) is 0.